The minimum Gasteiger partial charge on any atom is -0.349 e. The molecule has 1 aromatic rings. The number of hydrogen-bond acceptors (Lipinski definition) is 2. The molecule has 1 aromatic carbocycles. The summed E-state index contributed by atoms with van der Waals surface area (Å²) in [4.78, 5) is 12.3. The maximum absolute atomic E-state index is 12.3. The van der Waals surface area contributed by atoms with Crippen LogP contribution >= 0.6 is 11.6 Å². The third kappa shape index (κ3) is 3.71. The molecule has 0 aliphatic carbocycles. The second-order valence-electron chi connectivity index (χ2n) is 5.33. The number of rotatable bonds is 3. The smallest absolute Gasteiger partial charge is 0.251 e. The Morgan fingerprint density at radius 2 is 2.32 bits per heavy atom. The van der Waals surface area contributed by atoms with Gasteiger partial charge in [-0.05, 0) is 69.5 Å². The van der Waals surface area contributed by atoms with E-state index in [0.717, 1.165) is 18.7 Å². The van der Waals surface area contributed by atoms with Crippen molar-refractivity contribution in [3.63, 3.8) is 0 Å². The fourth-order valence-electron chi connectivity index (χ4n) is 2.59. The van der Waals surface area contributed by atoms with Crippen LogP contribution in [0.5, 0.6) is 0 Å². The summed E-state index contributed by atoms with van der Waals surface area (Å²) in [5.41, 5.74) is 1.62. The van der Waals surface area contributed by atoms with Crippen molar-refractivity contribution in [2.24, 2.45) is 5.92 Å². The molecule has 1 saturated heterocycles. The van der Waals surface area contributed by atoms with Crippen molar-refractivity contribution in [1.29, 1.82) is 0 Å². The van der Waals surface area contributed by atoms with Gasteiger partial charge in [0.2, 0.25) is 0 Å². The van der Waals surface area contributed by atoms with Crippen LogP contribution in [0.2, 0.25) is 5.02 Å². The molecule has 1 aliphatic rings. The van der Waals surface area contributed by atoms with Gasteiger partial charge in [0, 0.05) is 16.6 Å². The van der Waals surface area contributed by atoms with Gasteiger partial charge in [0.15, 0.2) is 0 Å². The lowest BCUT2D eigenvalue weighted by Gasteiger charge is -2.29. The standard InChI is InChI=1S/C15H21ClN2O/c1-10-8-13(16)5-6-14(10)15(19)18-11(2)12-4-3-7-17-9-12/h5-6,8,11-12,17H,3-4,7,9H2,1-2H3,(H,18,19). The Morgan fingerprint density at radius 3 is 2.95 bits per heavy atom. The maximum Gasteiger partial charge on any atom is 0.251 e. The van der Waals surface area contributed by atoms with Crippen LogP contribution in [0, 0.1) is 12.8 Å². The molecular formula is C15H21ClN2O. The van der Waals surface area contributed by atoms with E-state index in [1.165, 1.54) is 12.8 Å². The van der Waals surface area contributed by atoms with Crippen LogP contribution in [-0.2, 0) is 0 Å². The largest absolute Gasteiger partial charge is 0.349 e. The van der Waals surface area contributed by atoms with Crippen LogP contribution in [0.4, 0.5) is 0 Å². The Hall–Kier alpha value is -1.06. The Bertz CT molecular complexity index is 455. The molecule has 3 nitrogen and oxygen atoms in total. The summed E-state index contributed by atoms with van der Waals surface area (Å²) in [6, 6.07) is 5.56. The van der Waals surface area contributed by atoms with Crippen LogP contribution in [0.15, 0.2) is 18.2 Å². The quantitative estimate of drug-likeness (QED) is 0.894. The van der Waals surface area contributed by atoms with E-state index < -0.39 is 0 Å². The van der Waals surface area contributed by atoms with E-state index in [-0.39, 0.29) is 11.9 Å². The van der Waals surface area contributed by atoms with Gasteiger partial charge in [-0.3, -0.25) is 4.79 Å². The molecule has 0 spiro atoms. The van der Waals surface area contributed by atoms with E-state index in [1.807, 2.05) is 13.0 Å². The zero-order valence-corrected chi connectivity index (χ0v) is 12.3. The van der Waals surface area contributed by atoms with Gasteiger partial charge in [-0.25, -0.2) is 0 Å². The minimum absolute atomic E-state index is 0.00719. The van der Waals surface area contributed by atoms with Crippen molar-refractivity contribution < 1.29 is 4.79 Å². The molecule has 19 heavy (non-hydrogen) atoms. The highest BCUT2D eigenvalue weighted by Crippen LogP contribution is 2.17. The van der Waals surface area contributed by atoms with Gasteiger partial charge < -0.3 is 10.6 Å². The van der Waals surface area contributed by atoms with E-state index in [1.54, 1.807) is 12.1 Å². The van der Waals surface area contributed by atoms with Crippen molar-refractivity contribution in [2.75, 3.05) is 13.1 Å². The zero-order chi connectivity index (χ0) is 13.8. The number of carbonyl (C=O) groups is 1. The summed E-state index contributed by atoms with van der Waals surface area (Å²) in [7, 11) is 0. The molecule has 2 rings (SSSR count). The van der Waals surface area contributed by atoms with Crippen molar-refractivity contribution in [3.8, 4) is 0 Å². The number of hydrogen-bond donors (Lipinski definition) is 2. The number of piperidine rings is 1. The molecule has 2 atom stereocenters. The minimum atomic E-state index is -0.00719. The van der Waals surface area contributed by atoms with E-state index in [2.05, 4.69) is 17.6 Å². The normalized spacial score (nSPS) is 20.9. The second-order valence-corrected chi connectivity index (χ2v) is 5.76. The Kier molecular flexibility index (Phi) is 4.83. The average Bonchev–Trinajstić information content (AvgIpc) is 2.39. The molecule has 0 radical (unpaired) electrons. The molecule has 0 bridgehead atoms. The molecular weight excluding hydrogens is 260 g/mol. The Morgan fingerprint density at radius 1 is 1.53 bits per heavy atom. The third-order valence-corrected chi connectivity index (χ3v) is 4.07. The summed E-state index contributed by atoms with van der Waals surface area (Å²) >= 11 is 5.91. The summed E-state index contributed by atoms with van der Waals surface area (Å²) in [5, 5.41) is 7.15. The summed E-state index contributed by atoms with van der Waals surface area (Å²) < 4.78 is 0. The lowest BCUT2D eigenvalue weighted by molar-refractivity contribution is 0.0921. The fourth-order valence-corrected chi connectivity index (χ4v) is 2.82. The van der Waals surface area contributed by atoms with Gasteiger partial charge >= 0.3 is 0 Å². The highest BCUT2D eigenvalue weighted by atomic mass is 35.5. The average molecular weight is 281 g/mol. The van der Waals surface area contributed by atoms with E-state index in [0.29, 0.717) is 16.5 Å². The molecule has 0 saturated carbocycles. The number of benzene rings is 1. The number of carbonyl (C=O) groups excluding carboxylic acids is 1. The molecule has 1 fully saturated rings. The predicted molar refractivity (Wildman–Crippen MR) is 78.7 cm³/mol. The Labute approximate surface area is 119 Å². The topological polar surface area (TPSA) is 41.1 Å². The molecule has 1 aliphatic heterocycles. The van der Waals surface area contributed by atoms with Gasteiger partial charge in [0.05, 0.1) is 0 Å². The highest BCUT2D eigenvalue weighted by molar-refractivity contribution is 6.30. The number of amides is 1. The van der Waals surface area contributed by atoms with Crippen molar-refractivity contribution in [2.45, 2.75) is 32.7 Å². The monoisotopic (exact) mass is 280 g/mol. The van der Waals surface area contributed by atoms with Crippen molar-refractivity contribution in [1.82, 2.24) is 10.6 Å². The SMILES string of the molecule is Cc1cc(Cl)ccc1C(=O)NC(C)C1CCCNC1. The first-order valence-corrected chi connectivity index (χ1v) is 7.23. The molecule has 0 aromatic heterocycles. The first kappa shape index (κ1) is 14.4. The first-order chi connectivity index (χ1) is 9.08. The summed E-state index contributed by atoms with van der Waals surface area (Å²) in [6.07, 6.45) is 2.36. The molecule has 104 valence electrons. The van der Waals surface area contributed by atoms with Gasteiger partial charge in [0.25, 0.3) is 5.91 Å². The molecule has 2 N–H and O–H groups in total. The Balaban J connectivity index is 1.99. The second kappa shape index (κ2) is 6.40. The zero-order valence-electron chi connectivity index (χ0n) is 11.5. The highest BCUT2D eigenvalue weighted by Gasteiger charge is 2.22. The van der Waals surface area contributed by atoms with E-state index in [4.69, 9.17) is 11.6 Å². The number of aryl methyl sites for hydroxylation is 1. The van der Waals surface area contributed by atoms with E-state index in [9.17, 15) is 4.79 Å². The molecule has 1 heterocycles. The lowest BCUT2D eigenvalue weighted by atomic mass is 9.92. The van der Waals surface area contributed by atoms with Gasteiger partial charge in [-0.1, -0.05) is 11.6 Å². The van der Waals surface area contributed by atoms with Crippen LogP contribution in [0.25, 0.3) is 0 Å². The molecule has 4 heteroatoms. The van der Waals surface area contributed by atoms with E-state index >= 15 is 0 Å². The van der Waals surface area contributed by atoms with Gasteiger partial charge in [-0.15, -0.1) is 0 Å². The van der Waals surface area contributed by atoms with Crippen LogP contribution < -0.4 is 10.6 Å². The third-order valence-electron chi connectivity index (χ3n) is 3.83. The summed E-state index contributed by atoms with van der Waals surface area (Å²) in [5.74, 6) is 0.512. The molecule has 1 amide bonds. The fraction of sp³-hybridized carbons (Fsp3) is 0.533. The predicted octanol–water partition coefficient (Wildman–Crippen LogP) is 2.77. The lowest BCUT2D eigenvalue weighted by Crippen LogP contribution is -2.44. The van der Waals surface area contributed by atoms with Gasteiger partial charge in [-0.2, -0.15) is 0 Å². The molecule has 2 unspecified atom stereocenters. The van der Waals surface area contributed by atoms with Crippen LogP contribution in [0.3, 0.4) is 0 Å². The van der Waals surface area contributed by atoms with Crippen molar-refractivity contribution in [3.05, 3.63) is 34.3 Å². The maximum atomic E-state index is 12.3. The van der Waals surface area contributed by atoms with Crippen molar-refractivity contribution >= 4 is 17.5 Å². The number of halogens is 1. The van der Waals surface area contributed by atoms with Crippen LogP contribution in [0.1, 0.15) is 35.7 Å². The van der Waals surface area contributed by atoms with Crippen LogP contribution in [-0.4, -0.2) is 25.0 Å². The van der Waals surface area contributed by atoms with Gasteiger partial charge in [0.1, 0.15) is 0 Å². The number of nitrogens with one attached hydrogen (secondary N) is 2. The first-order valence-electron chi connectivity index (χ1n) is 6.85. The summed E-state index contributed by atoms with van der Waals surface area (Å²) in [6.45, 7) is 6.07.